The van der Waals surface area contributed by atoms with Gasteiger partial charge in [0.25, 0.3) is 0 Å². The average molecular weight is 268 g/mol. The molecule has 0 radical (unpaired) electrons. The van der Waals surface area contributed by atoms with Crippen LogP contribution >= 0.6 is 15.9 Å². The Kier molecular flexibility index (Phi) is 2.83. The van der Waals surface area contributed by atoms with E-state index in [0.29, 0.717) is 5.69 Å². The van der Waals surface area contributed by atoms with E-state index in [1.54, 1.807) is 17.8 Å². The third-order valence-electron chi connectivity index (χ3n) is 2.04. The van der Waals surface area contributed by atoms with Gasteiger partial charge in [-0.1, -0.05) is 17.3 Å². The van der Waals surface area contributed by atoms with Gasteiger partial charge in [-0.2, -0.15) is 0 Å². The summed E-state index contributed by atoms with van der Waals surface area (Å²) in [7, 11) is 0. The third kappa shape index (κ3) is 2.08. The Bertz CT molecular complexity index is 467. The van der Waals surface area contributed by atoms with Crippen LogP contribution in [0.1, 0.15) is 18.7 Å². The maximum Gasteiger partial charge on any atom is 0.111 e. The number of hydrogen-bond donors (Lipinski definition) is 1. The van der Waals surface area contributed by atoms with Crippen molar-refractivity contribution in [3.8, 4) is 5.69 Å². The van der Waals surface area contributed by atoms with Gasteiger partial charge in [-0.25, -0.2) is 4.68 Å². The van der Waals surface area contributed by atoms with E-state index in [1.807, 2.05) is 24.3 Å². The number of para-hydroxylation sites is 1. The lowest BCUT2D eigenvalue weighted by Gasteiger charge is -2.01. The summed E-state index contributed by atoms with van der Waals surface area (Å²) >= 11 is 3.43. The van der Waals surface area contributed by atoms with E-state index in [-0.39, 0.29) is 0 Å². The predicted molar refractivity (Wildman–Crippen MR) is 59.7 cm³/mol. The standard InChI is InChI=1S/C10H10BrN3O/c1-7(15)9-6-14(13-12-9)10-5-3-2-4-8(10)11/h2-7,15H,1H3. The van der Waals surface area contributed by atoms with Gasteiger partial charge in [-0.05, 0) is 35.0 Å². The fourth-order valence-corrected chi connectivity index (χ4v) is 1.69. The predicted octanol–water partition coefficient (Wildman–Crippen LogP) is 2.08. The van der Waals surface area contributed by atoms with Crippen molar-refractivity contribution >= 4 is 15.9 Å². The molecule has 1 unspecified atom stereocenters. The van der Waals surface area contributed by atoms with Crippen LogP contribution in [0.3, 0.4) is 0 Å². The Morgan fingerprint density at radius 1 is 1.40 bits per heavy atom. The minimum atomic E-state index is -0.596. The summed E-state index contributed by atoms with van der Waals surface area (Å²) in [5.41, 5.74) is 1.46. The van der Waals surface area contributed by atoms with Crippen molar-refractivity contribution in [3.05, 3.63) is 40.6 Å². The summed E-state index contributed by atoms with van der Waals surface area (Å²) in [5.74, 6) is 0. The topological polar surface area (TPSA) is 50.9 Å². The van der Waals surface area contributed by atoms with Gasteiger partial charge in [-0.15, -0.1) is 5.10 Å². The second kappa shape index (κ2) is 4.12. The first-order chi connectivity index (χ1) is 7.18. The molecule has 0 fully saturated rings. The molecule has 0 aliphatic carbocycles. The van der Waals surface area contributed by atoms with Gasteiger partial charge in [-0.3, -0.25) is 0 Å². The molecule has 78 valence electrons. The maximum absolute atomic E-state index is 9.33. The molecule has 1 aromatic carbocycles. The normalized spacial score (nSPS) is 12.7. The minimum absolute atomic E-state index is 0.561. The van der Waals surface area contributed by atoms with E-state index in [9.17, 15) is 5.11 Å². The number of rotatable bonds is 2. The quantitative estimate of drug-likeness (QED) is 0.907. The summed E-state index contributed by atoms with van der Waals surface area (Å²) in [6, 6.07) is 7.70. The third-order valence-corrected chi connectivity index (χ3v) is 2.71. The summed E-state index contributed by atoms with van der Waals surface area (Å²) < 4.78 is 2.57. The van der Waals surface area contributed by atoms with Gasteiger partial charge in [0, 0.05) is 4.47 Å². The maximum atomic E-state index is 9.33. The highest BCUT2D eigenvalue weighted by atomic mass is 79.9. The molecule has 0 bridgehead atoms. The molecule has 0 saturated carbocycles. The number of hydrogen-bond acceptors (Lipinski definition) is 3. The van der Waals surface area contributed by atoms with Crippen molar-refractivity contribution in [2.75, 3.05) is 0 Å². The Balaban J connectivity index is 2.42. The fraction of sp³-hybridized carbons (Fsp3) is 0.200. The Morgan fingerprint density at radius 2 is 2.13 bits per heavy atom. The van der Waals surface area contributed by atoms with Crippen LogP contribution < -0.4 is 0 Å². The van der Waals surface area contributed by atoms with Crippen LogP contribution in [-0.2, 0) is 0 Å². The molecule has 1 aromatic heterocycles. The molecule has 5 heteroatoms. The van der Waals surface area contributed by atoms with Crippen molar-refractivity contribution in [2.24, 2.45) is 0 Å². The first-order valence-corrected chi connectivity index (χ1v) is 5.33. The van der Waals surface area contributed by atoms with E-state index in [1.165, 1.54) is 0 Å². The van der Waals surface area contributed by atoms with Crippen molar-refractivity contribution in [1.29, 1.82) is 0 Å². The monoisotopic (exact) mass is 267 g/mol. The molecule has 0 aliphatic heterocycles. The van der Waals surface area contributed by atoms with Crippen molar-refractivity contribution in [2.45, 2.75) is 13.0 Å². The number of aliphatic hydroxyl groups excluding tert-OH is 1. The van der Waals surface area contributed by atoms with E-state index in [2.05, 4.69) is 26.2 Å². The van der Waals surface area contributed by atoms with Gasteiger partial charge in [0.1, 0.15) is 5.69 Å². The van der Waals surface area contributed by atoms with Crippen LogP contribution in [0.25, 0.3) is 5.69 Å². The van der Waals surface area contributed by atoms with Gasteiger partial charge in [0.05, 0.1) is 18.0 Å². The van der Waals surface area contributed by atoms with Gasteiger partial charge in [0.2, 0.25) is 0 Å². The average Bonchev–Trinajstić information content (AvgIpc) is 2.67. The summed E-state index contributed by atoms with van der Waals surface area (Å²) in [6.45, 7) is 1.66. The smallest absolute Gasteiger partial charge is 0.111 e. The van der Waals surface area contributed by atoms with Gasteiger partial charge >= 0.3 is 0 Å². The molecule has 4 nitrogen and oxygen atoms in total. The molecule has 2 rings (SSSR count). The first-order valence-electron chi connectivity index (χ1n) is 4.53. The van der Waals surface area contributed by atoms with Crippen molar-refractivity contribution < 1.29 is 5.11 Å². The molecule has 0 saturated heterocycles. The highest BCUT2D eigenvalue weighted by Gasteiger charge is 2.08. The Hall–Kier alpha value is -1.20. The number of halogens is 1. The zero-order valence-corrected chi connectivity index (χ0v) is 9.72. The van der Waals surface area contributed by atoms with Crippen LogP contribution in [0.4, 0.5) is 0 Å². The SMILES string of the molecule is CC(O)c1cn(-c2ccccc2Br)nn1. The largest absolute Gasteiger partial charge is 0.387 e. The van der Waals surface area contributed by atoms with E-state index in [4.69, 9.17) is 0 Å². The molecule has 2 aromatic rings. The molecule has 15 heavy (non-hydrogen) atoms. The van der Waals surface area contributed by atoms with Crippen molar-refractivity contribution in [3.63, 3.8) is 0 Å². The highest BCUT2D eigenvalue weighted by molar-refractivity contribution is 9.10. The second-order valence-electron chi connectivity index (χ2n) is 3.22. The highest BCUT2D eigenvalue weighted by Crippen LogP contribution is 2.20. The van der Waals surface area contributed by atoms with Crippen LogP contribution in [0.5, 0.6) is 0 Å². The molecular formula is C10H10BrN3O. The molecule has 1 N–H and O–H groups in total. The van der Waals surface area contributed by atoms with Crippen LogP contribution in [0.15, 0.2) is 34.9 Å². The molecular weight excluding hydrogens is 258 g/mol. The number of aliphatic hydroxyl groups is 1. The van der Waals surface area contributed by atoms with Crippen molar-refractivity contribution in [1.82, 2.24) is 15.0 Å². The minimum Gasteiger partial charge on any atom is -0.387 e. The summed E-state index contributed by atoms with van der Waals surface area (Å²) in [4.78, 5) is 0. The lowest BCUT2D eigenvalue weighted by Crippen LogP contribution is -1.95. The van der Waals surface area contributed by atoms with E-state index in [0.717, 1.165) is 10.2 Å². The van der Waals surface area contributed by atoms with Crippen LogP contribution in [-0.4, -0.2) is 20.1 Å². The number of aromatic nitrogens is 3. The fourth-order valence-electron chi connectivity index (χ4n) is 1.22. The molecule has 1 heterocycles. The Morgan fingerprint density at radius 3 is 2.73 bits per heavy atom. The molecule has 1 atom stereocenters. The molecule has 0 spiro atoms. The zero-order chi connectivity index (χ0) is 10.8. The summed E-state index contributed by atoms with van der Waals surface area (Å²) in [5, 5.41) is 17.1. The lowest BCUT2D eigenvalue weighted by molar-refractivity contribution is 0.194. The number of benzene rings is 1. The van der Waals surface area contributed by atoms with E-state index >= 15 is 0 Å². The summed E-state index contributed by atoms with van der Waals surface area (Å²) in [6.07, 6.45) is 1.12. The number of nitrogens with zero attached hydrogens (tertiary/aromatic N) is 3. The first kappa shape index (κ1) is 10.3. The zero-order valence-electron chi connectivity index (χ0n) is 8.13. The van der Waals surface area contributed by atoms with Crippen LogP contribution in [0, 0.1) is 0 Å². The van der Waals surface area contributed by atoms with Crippen LogP contribution in [0.2, 0.25) is 0 Å². The Labute approximate surface area is 95.7 Å². The lowest BCUT2D eigenvalue weighted by atomic mass is 10.3. The van der Waals surface area contributed by atoms with Gasteiger partial charge in [0.15, 0.2) is 0 Å². The molecule has 0 amide bonds. The molecule has 0 aliphatic rings. The van der Waals surface area contributed by atoms with E-state index < -0.39 is 6.10 Å². The second-order valence-corrected chi connectivity index (χ2v) is 4.07. The van der Waals surface area contributed by atoms with Gasteiger partial charge < -0.3 is 5.11 Å².